The third-order valence-electron chi connectivity index (χ3n) is 3.18. The van der Waals surface area contributed by atoms with Gasteiger partial charge in [0, 0.05) is 5.92 Å². The predicted molar refractivity (Wildman–Crippen MR) is 77.6 cm³/mol. The van der Waals surface area contributed by atoms with Crippen molar-refractivity contribution in [3.8, 4) is 5.75 Å². The van der Waals surface area contributed by atoms with Gasteiger partial charge in [-0.05, 0) is 36.5 Å². The highest BCUT2D eigenvalue weighted by Crippen LogP contribution is 2.31. The number of rotatable bonds is 8. The molecule has 100 valence electrons. The molecular weight excluding hydrogens is 243 g/mol. The first-order chi connectivity index (χ1) is 8.65. The molecule has 2 unspecified atom stereocenters. The summed E-state index contributed by atoms with van der Waals surface area (Å²) in [5, 5.41) is 0. The largest absolute Gasteiger partial charge is 0.556 e. The van der Waals surface area contributed by atoms with E-state index < -0.39 is 8.03 Å². The van der Waals surface area contributed by atoms with Crippen molar-refractivity contribution in [2.75, 3.05) is 6.16 Å². The quantitative estimate of drug-likeness (QED) is 0.595. The molecule has 0 aromatic heterocycles. The third-order valence-corrected chi connectivity index (χ3v) is 4.41. The van der Waals surface area contributed by atoms with E-state index in [1.807, 2.05) is 31.2 Å². The molecule has 0 N–H and O–H groups in total. The van der Waals surface area contributed by atoms with Crippen LogP contribution in [0.3, 0.4) is 0 Å². The predicted octanol–water partition coefficient (Wildman–Crippen LogP) is 5.33. The van der Waals surface area contributed by atoms with Crippen LogP contribution in [0.15, 0.2) is 24.3 Å². The van der Waals surface area contributed by atoms with Gasteiger partial charge in [0.2, 0.25) is 0 Å². The highest BCUT2D eigenvalue weighted by molar-refractivity contribution is 7.39. The Balaban J connectivity index is 2.42. The molecule has 1 rings (SSSR count). The van der Waals surface area contributed by atoms with Crippen LogP contribution in [0.25, 0.3) is 0 Å². The van der Waals surface area contributed by atoms with Crippen molar-refractivity contribution in [3.63, 3.8) is 0 Å². The Kier molecular flexibility index (Phi) is 6.97. The van der Waals surface area contributed by atoms with Crippen LogP contribution in [0.5, 0.6) is 5.75 Å². The first kappa shape index (κ1) is 15.2. The number of unbranched alkanes of at least 4 members (excludes halogenated alkanes) is 1. The molecule has 0 aliphatic heterocycles. The zero-order valence-corrected chi connectivity index (χ0v) is 12.6. The SMILES string of the molecule is CCCCC(CC)C[P+](=O)Oc1ccc(C)cc1. The summed E-state index contributed by atoms with van der Waals surface area (Å²) in [5.41, 5.74) is 1.19. The molecule has 1 aromatic rings. The Hall–Kier alpha value is -0.880. The van der Waals surface area contributed by atoms with E-state index in [1.165, 1.54) is 18.4 Å². The molecule has 2 atom stereocenters. The summed E-state index contributed by atoms with van der Waals surface area (Å²) in [6.45, 7) is 6.38. The summed E-state index contributed by atoms with van der Waals surface area (Å²) in [4.78, 5) is 0. The van der Waals surface area contributed by atoms with Crippen LogP contribution in [0.4, 0.5) is 0 Å². The molecule has 1 aromatic carbocycles. The lowest BCUT2D eigenvalue weighted by atomic mass is 10.0. The summed E-state index contributed by atoms with van der Waals surface area (Å²) in [6.07, 6.45) is 5.34. The fourth-order valence-corrected chi connectivity index (χ4v) is 3.18. The molecule has 0 amide bonds. The second kappa shape index (κ2) is 8.26. The van der Waals surface area contributed by atoms with Crippen LogP contribution in [-0.4, -0.2) is 6.16 Å². The van der Waals surface area contributed by atoms with Crippen LogP contribution < -0.4 is 4.52 Å². The summed E-state index contributed by atoms with van der Waals surface area (Å²) >= 11 is 0. The van der Waals surface area contributed by atoms with Crippen molar-refractivity contribution in [1.29, 1.82) is 0 Å². The van der Waals surface area contributed by atoms with Crippen molar-refractivity contribution in [2.24, 2.45) is 5.92 Å². The lowest BCUT2D eigenvalue weighted by molar-refractivity contribution is 0.457. The summed E-state index contributed by atoms with van der Waals surface area (Å²) in [6, 6.07) is 7.73. The van der Waals surface area contributed by atoms with E-state index >= 15 is 0 Å². The average molecular weight is 267 g/mol. The van der Waals surface area contributed by atoms with Gasteiger partial charge in [-0.3, -0.25) is 4.52 Å². The zero-order valence-electron chi connectivity index (χ0n) is 11.7. The molecule has 0 aliphatic rings. The van der Waals surface area contributed by atoms with Gasteiger partial charge in [-0.25, -0.2) is 0 Å². The summed E-state index contributed by atoms with van der Waals surface area (Å²) < 4.78 is 17.4. The molecule has 0 saturated carbocycles. The second-order valence-corrected chi connectivity index (χ2v) is 6.05. The normalized spacial score (nSPS) is 13.2. The molecule has 0 spiro atoms. The lowest BCUT2D eigenvalue weighted by Gasteiger charge is -2.07. The van der Waals surface area contributed by atoms with E-state index in [4.69, 9.17) is 4.52 Å². The second-order valence-electron chi connectivity index (χ2n) is 4.84. The maximum atomic E-state index is 12.0. The average Bonchev–Trinajstić information content (AvgIpc) is 2.37. The van der Waals surface area contributed by atoms with E-state index in [0.29, 0.717) is 17.8 Å². The number of hydrogen-bond acceptors (Lipinski definition) is 2. The van der Waals surface area contributed by atoms with Crippen molar-refractivity contribution >= 4 is 8.03 Å². The van der Waals surface area contributed by atoms with Gasteiger partial charge < -0.3 is 0 Å². The Morgan fingerprint density at radius 2 is 1.89 bits per heavy atom. The van der Waals surface area contributed by atoms with Gasteiger partial charge in [-0.2, -0.15) is 0 Å². The van der Waals surface area contributed by atoms with Gasteiger partial charge in [0.05, 0.1) is 0 Å². The Morgan fingerprint density at radius 3 is 2.44 bits per heavy atom. The molecule has 2 nitrogen and oxygen atoms in total. The molecule has 0 bridgehead atoms. The zero-order chi connectivity index (χ0) is 13.4. The van der Waals surface area contributed by atoms with Crippen LogP contribution >= 0.6 is 8.03 Å². The fraction of sp³-hybridized carbons (Fsp3) is 0.600. The summed E-state index contributed by atoms with van der Waals surface area (Å²) in [5.74, 6) is 1.24. The van der Waals surface area contributed by atoms with Crippen molar-refractivity contribution in [2.45, 2.75) is 46.5 Å². The van der Waals surface area contributed by atoms with Crippen molar-refractivity contribution < 1.29 is 9.09 Å². The van der Waals surface area contributed by atoms with Crippen molar-refractivity contribution in [3.05, 3.63) is 29.8 Å². The molecule has 0 aliphatic carbocycles. The standard InChI is InChI=1S/C15H24O2P/c1-4-6-7-14(5-2)12-18(16)17-15-10-8-13(3)9-11-15/h8-11,14H,4-7,12H2,1-3H3/q+1. The highest BCUT2D eigenvalue weighted by Gasteiger charge is 2.24. The van der Waals surface area contributed by atoms with E-state index in [0.717, 1.165) is 12.8 Å². The molecule has 0 radical (unpaired) electrons. The minimum absolute atomic E-state index is 0.527. The summed E-state index contributed by atoms with van der Waals surface area (Å²) in [7, 11) is -1.58. The maximum Gasteiger partial charge on any atom is 0.556 e. The number of aryl methyl sites for hydroxylation is 1. The molecule has 0 heterocycles. The van der Waals surface area contributed by atoms with E-state index in [-0.39, 0.29) is 0 Å². The lowest BCUT2D eigenvalue weighted by Crippen LogP contribution is -2.03. The van der Waals surface area contributed by atoms with Gasteiger partial charge >= 0.3 is 8.03 Å². The topological polar surface area (TPSA) is 26.3 Å². The monoisotopic (exact) mass is 267 g/mol. The van der Waals surface area contributed by atoms with Gasteiger partial charge in [0.15, 0.2) is 11.9 Å². The Morgan fingerprint density at radius 1 is 1.22 bits per heavy atom. The van der Waals surface area contributed by atoms with Crippen LogP contribution in [0.2, 0.25) is 0 Å². The number of hydrogen-bond donors (Lipinski definition) is 0. The van der Waals surface area contributed by atoms with Crippen molar-refractivity contribution in [1.82, 2.24) is 0 Å². The van der Waals surface area contributed by atoms with E-state index in [9.17, 15) is 4.57 Å². The van der Waals surface area contributed by atoms with E-state index in [2.05, 4.69) is 13.8 Å². The minimum atomic E-state index is -1.58. The Labute approximate surface area is 112 Å². The third kappa shape index (κ3) is 5.64. The Bertz CT molecular complexity index is 359. The van der Waals surface area contributed by atoms with E-state index in [1.54, 1.807) is 0 Å². The first-order valence-electron chi connectivity index (χ1n) is 6.85. The smallest absolute Gasteiger partial charge is 0.254 e. The maximum absolute atomic E-state index is 12.0. The van der Waals surface area contributed by atoms with Gasteiger partial charge in [-0.1, -0.05) is 44.4 Å². The number of benzene rings is 1. The molecular formula is C15H24O2P+. The van der Waals surface area contributed by atoms with Gasteiger partial charge in [0.25, 0.3) is 0 Å². The molecule has 3 heteroatoms. The molecule has 0 fully saturated rings. The van der Waals surface area contributed by atoms with Crippen LogP contribution in [0, 0.1) is 12.8 Å². The molecule has 18 heavy (non-hydrogen) atoms. The molecule has 0 saturated heterocycles. The fourth-order valence-electron chi connectivity index (χ4n) is 1.88. The minimum Gasteiger partial charge on any atom is -0.254 e. The van der Waals surface area contributed by atoms with Crippen LogP contribution in [0.1, 0.15) is 45.1 Å². The van der Waals surface area contributed by atoms with Gasteiger partial charge in [0.1, 0.15) is 0 Å². The van der Waals surface area contributed by atoms with Crippen LogP contribution in [-0.2, 0) is 4.57 Å². The van der Waals surface area contributed by atoms with Gasteiger partial charge in [-0.15, -0.1) is 0 Å². The first-order valence-corrected chi connectivity index (χ1v) is 8.21. The highest BCUT2D eigenvalue weighted by atomic mass is 31.1.